The average Bonchev–Trinajstić information content (AvgIpc) is 2.15. The maximum atomic E-state index is 13.7. The van der Waals surface area contributed by atoms with Crippen molar-refractivity contribution >= 4 is 11.5 Å². The van der Waals surface area contributed by atoms with Gasteiger partial charge in [-0.15, -0.1) is 0 Å². The molecule has 0 aliphatic rings. The summed E-state index contributed by atoms with van der Waals surface area (Å²) in [7, 11) is 1.85. The van der Waals surface area contributed by atoms with Gasteiger partial charge in [-0.25, -0.2) is 4.39 Å². The summed E-state index contributed by atoms with van der Waals surface area (Å²) in [5.74, 6) is 0.0182. The Bertz CT molecular complexity index is 388. The Balaban J connectivity index is 2.94. The lowest BCUT2D eigenvalue weighted by atomic mass is 10.1. The zero-order chi connectivity index (χ0) is 12.3. The van der Waals surface area contributed by atoms with E-state index in [9.17, 15) is 9.18 Å². The fraction of sp³-hybridized carbons (Fsp3) is 0.462. The number of rotatable bonds is 4. The Morgan fingerprint density at radius 1 is 1.44 bits per heavy atom. The molecule has 1 aromatic rings. The number of hydrogen-bond donors (Lipinski definition) is 0. The Morgan fingerprint density at radius 2 is 2.06 bits per heavy atom. The fourth-order valence-electron chi connectivity index (χ4n) is 1.68. The molecule has 0 fully saturated rings. The van der Waals surface area contributed by atoms with Crippen LogP contribution in [0.5, 0.6) is 0 Å². The van der Waals surface area contributed by atoms with Crippen molar-refractivity contribution in [1.82, 2.24) is 0 Å². The van der Waals surface area contributed by atoms with Crippen LogP contribution < -0.4 is 4.90 Å². The van der Waals surface area contributed by atoms with Crippen LogP contribution in [0.25, 0.3) is 0 Å². The summed E-state index contributed by atoms with van der Waals surface area (Å²) in [6, 6.07) is 4.63. The van der Waals surface area contributed by atoms with Gasteiger partial charge in [0.25, 0.3) is 0 Å². The highest BCUT2D eigenvalue weighted by atomic mass is 19.1. The molecule has 0 atom stereocenters. The lowest BCUT2D eigenvalue weighted by Crippen LogP contribution is -2.23. The first-order chi connectivity index (χ1) is 7.41. The standard InChI is InChI=1S/C13H18FNO/c1-9(2)8-15(4)13-6-5-11(10(3)16)7-12(13)14/h5-7,9H,8H2,1-4H3. The van der Waals surface area contributed by atoms with E-state index in [0.717, 1.165) is 6.54 Å². The summed E-state index contributed by atoms with van der Waals surface area (Å²) in [6.07, 6.45) is 0. The molecular formula is C13H18FNO. The summed E-state index contributed by atoms with van der Waals surface area (Å²) in [5, 5.41) is 0. The van der Waals surface area contributed by atoms with Crippen molar-refractivity contribution in [3.05, 3.63) is 29.6 Å². The number of hydrogen-bond acceptors (Lipinski definition) is 2. The van der Waals surface area contributed by atoms with E-state index in [1.807, 2.05) is 11.9 Å². The summed E-state index contributed by atoms with van der Waals surface area (Å²) in [4.78, 5) is 12.9. The third kappa shape index (κ3) is 3.05. The summed E-state index contributed by atoms with van der Waals surface area (Å²) in [6.45, 7) is 6.39. The molecule has 0 N–H and O–H groups in total. The van der Waals surface area contributed by atoms with Gasteiger partial charge in [0.2, 0.25) is 0 Å². The number of benzene rings is 1. The number of carbonyl (C=O) groups is 1. The number of halogens is 1. The zero-order valence-corrected chi connectivity index (χ0v) is 10.2. The molecule has 0 amide bonds. The molecule has 1 aromatic carbocycles. The number of Topliss-reactive ketones (excluding diaryl/α,β-unsaturated/α-hetero) is 1. The molecule has 0 unspecified atom stereocenters. The highest BCUT2D eigenvalue weighted by molar-refractivity contribution is 5.94. The number of ketones is 1. The van der Waals surface area contributed by atoms with E-state index in [0.29, 0.717) is 17.2 Å². The quantitative estimate of drug-likeness (QED) is 0.731. The van der Waals surface area contributed by atoms with E-state index in [1.165, 1.54) is 13.0 Å². The van der Waals surface area contributed by atoms with Crippen LogP contribution in [0.3, 0.4) is 0 Å². The van der Waals surface area contributed by atoms with E-state index >= 15 is 0 Å². The number of carbonyl (C=O) groups excluding carboxylic acids is 1. The van der Waals surface area contributed by atoms with Gasteiger partial charge in [0.05, 0.1) is 5.69 Å². The average molecular weight is 223 g/mol. The van der Waals surface area contributed by atoms with Crippen LogP contribution in [0, 0.1) is 11.7 Å². The minimum absolute atomic E-state index is 0.114. The summed E-state index contributed by atoms with van der Waals surface area (Å²) < 4.78 is 13.7. The van der Waals surface area contributed by atoms with Crippen molar-refractivity contribution in [2.75, 3.05) is 18.5 Å². The largest absolute Gasteiger partial charge is 0.372 e. The van der Waals surface area contributed by atoms with Crippen LogP contribution in [0.4, 0.5) is 10.1 Å². The topological polar surface area (TPSA) is 20.3 Å². The van der Waals surface area contributed by atoms with Crippen molar-refractivity contribution in [1.29, 1.82) is 0 Å². The highest BCUT2D eigenvalue weighted by Crippen LogP contribution is 2.20. The Labute approximate surface area is 96.1 Å². The van der Waals surface area contributed by atoms with E-state index in [4.69, 9.17) is 0 Å². The van der Waals surface area contributed by atoms with Crippen molar-refractivity contribution in [2.45, 2.75) is 20.8 Å². The van der Waals surface area contributed by atoms with Crippen LogP contribution in [-0.4, -0.2) is 19.4 Å². The second-order valence-electron chi connectivity index (χ2n) is 4.50. The third-order valence-electron chi connectivity index (χ3n) is 2.40. The van der Waals surface area contributed by atoms with Gasteiger partial charge in [-0.05, 0) is 31.0 Å². The van der Waals surface area contributed by atoms with Crippen LogP contribution in [0.1, 0.15) is 31.1 Å². The third-order valence-corrected chi connectivity index (χ3v) is 2.40. The molecule has 0 aliphatic heterocycles. The van der Waals surface area contributed by atoms with Crippen molar-refractivity contribution < 1.29 is 9.18 Å². The van der Waals surface area contributed by atoms with Gasteiger partial charge in [-0.2, -0.15) is 0 Å². The molecule has 0 heterocycles. The first kappa shape index (κ1) is 12.7. The molecule has 0 bridgehead atoms. The predicted molar refractivity (Wildman–Crippen MR) is 64.5 cm³/mol. The number of anilines is 1. The Hall–Kier alpha value is -1.38. The Kier molecular flexibility index (Phi) is 4.05. The van der Waals surface area contributed by atoms with Crippen LogP contribution in [0.15, 0.2) is 18.2 Å². The van der Waals surface area contributed by atoms with Crippen molar-refractivity contribution in [3.8, 4) is 0 Å². The maximum absolute atomic E-state index is 13.7. The van der Waals surface area contributed by atoms with Gasteiger partial charge >= 0.3 is 0 Å². The maximum Gasteiger partial charge on any atom is 0.159 e. The molecule has 0 aromatic heterocycles. The smallest absolute Gasteiger partial charge is 0.159 e. The molecule has 1 rings (SSSR count). The first-order valence-electron chi connectivity index (χ1n) is 5.43. The molecule has 16 heavy (non-hydrogen) atoms. The molecular weight excluding hydrogens is 205 g/mol. The molecule has 0 spiro atoms. The molecule has 0 saturated heterocycles. The number of nitrogens with zero attached hydrogens (tertiary/aromatic N) is 1. The first-order valence-corrected chi connectivity index (χ1v) is 5.43. The Morgan fingerprint density at radius 3 is 2.50 bits per heavy atom. The normalized spacial score (nSPS) is 10.6. The fourth-order valence-corrected chi connectivity index (χ4v) is 1.68. The van der Waals surface area contributed by atoms with Gasteiger partial charge in [-0.1, -0.05) is 13.8 Å². The van der Waals surface area contributed by atoms with Gasteiger partial charge < -0.3 is 4.90 Å². The minimum atomic E-state index is -0.337. The van der Waals surface area contributed by atoms with Gasteiger partial charge in [0, 0.05) is 19.2 Å². The molecule has 0 radical (unpaired) electrons. The molecule has 0 aliphatic carbocycles. The van der Waals surface area contributed by atoms with Crippen molar-refractivity contribution in [2.24, 2.45) is 5.92 Å². The van der Waals surface area contributed by atoms with Gasteiger partial charge in [0.15, 0.2) is 5.78 Å². The highest BCUT2D eigenvalue weighted by Gasteiger charge is 2.10. The lowest BCUT2D eigenvalue weighted by Gasteiger charge is -2.22. The van der Waals surface area contributed by atoms with Crippen LogP contribution >= 0.6 is 0 Å². The monoisotopic (exact) mass is 223 g/mol. The molecule has 2 nitrogen and oxygen atoms in total. The van der Waals surface area contributed by atoms with Crippen LogP contribution in [-0.2, 0) is 0 Å². The second-order valence-corrected chi connectivity index (χ2v) is 4.50. The molecule has 3 heteroatoms. The van der Waals surface area contributed by atoms with E-state index in [1.54, 1.807) is 12.1 Å². The zero-order valence-electron chi connectivity index (χ0n) is 10.2. The van der Waals surface area contributed by atoms with Crippen LogP contribution in [0.2, 0.25) is 0 Å². The predicted octanol–water partition coefficient (Wildman–Crippen LogP) is 3.12. The molecule has 0 saturated carbocycles. The van der Waals surface area contributed by atoms with E-state index in [-0.39, 0.29) is 11.6 Å². The molecule has 88 valence electrons. The summed E-state index contributed by atoms with van der Waals surface area (Å²) in [5.41, 5.74) is 0.956. The van der Waals surface area contributed by atoms with Crippen molar-refractivity contribution in [3.63, 3.8) is 0 Å². The summed E-state index contributed by atoms with van der Waals surface area (Å²) >= 11 is 0. The SMILES string of the molecule is CC(=O)c1ccc(N(C)CC(C)C)c(F)c1. The van der Waals surface area contributed by atoms with Gasteiger partial charge in [0.1, 0.15) is 5.82 Å². The van der Waals surface area contributed by atoms with E-state index < -0.39 is 0 Å². The lowest BCUT2D eigenvalue weighted by molar-refractivity contribution is 0.101. The minimum Gasteiger partial charge on any atom is -0.372 e. The second kappa shape index (κ2) is 5.10. The van der Waals surface area contributed by atoms with Gasteiger partial charge in [-0.3, -0.25) is 4.79 Å². The van der Waals surface area contributed by atoms with E-state index in [2.05, 4.69) is 13.8 Å².